The summed E-state index contributed by atoms with van der Waals surface area (Å²) in [7, 11) is 0. The fourth-order valence-electron chi connectivity index (χ4n) is 2.49. The number of allylic oxidation sites excluding steroid dienone is 1. The van der Waals surface area contributed by atoms with E-state index in [0.29, 0.717) is 0 Å². The molecule has 0 radical (unpaired) electrons. The standard InChI is InChI=1S/C17H24OS/c1-14-8-10-17(11-9-14)19-13-16(18)12-15-6-4-2-3-5-7-15/h8-12,16,18H,2-7,13H2,1H3/t16-/m0/s1. The Morgan fingerprint density at radius 2 is 1.74 bits per heavy atom. The topological polar surface area (TPSA) is 20.2 Å². The quantitative estimate of drug-likeness (QED) is 0.487. The third-order valence-corrected chi connectivity index (χ3v) is 4.73. The molecule has 1 aliphatic carbocycles. The molecular weight excluding hydrogens is 252 g/mol. The van der Waals surface area contributed by atoms with Crippen LogP contribution in [0.3, 0.4) is 0 Å². The van der Waals surface area contributed by atoms with Crippen LogP contribution in [0.15, 0.2) is 40.8 Å². The van der Waals surface area contributed by atoms with E-state index < -0.39 is 0 Å². The van der Waals surface area contributed by atoms with Gasteiger partial charge in [0.1, 0.15) is 0 Å². The van der Waals surface area contributed by atoms with Crippen LogP contribution in [-0.4, -0.2) is 17.0 Å². The molecule has 0 amide bonds. The maximum Gasteiger partial charge on any atom is 0.0817 e. The summed E-state index contributed by atoms with van der Waals surface area (Å²) < 4.78 is 0. The Hall–Kier alpha value is -0.730. The molecule has 0 heterocycles. The Morgan fingerprint density at radius 1 is 1.11 bits per heavy atom. The SMILES string of the molecule is Cc1ccc(SC[C@@H](O)C=C2CCCCCC2)cc1. The Kier molecular flexibility index (Phi) is 5.99. The van der Waals surface area contributed by atoms with Gasteiger partial charge in [-0.15, -0.1) is 11.8 Å². The minimum absolute atomic E-state index is 0.306. The van der Waals surface area contributed by atoms with E-state index in [1.54, 1.807) is 11.8 Å². The highest BCUT2D eigenvalue weighted by Crippen LogP contribution is 2.24. The molecule has 1 aromatic rings. The molecule has 1 aromatic carbocycles. The van der Waals surface area contributed by atoms with Crippen molar-refractivity contribution in [3.8, 4) is 0 Å². The fourth-order valence-corrected chi connectivity index (χ4v) is 3.27. The van der Waals surface area contributed by atoms with E-state index in [9.17, 15) is 5.11 Å². The predicted octanol–water partition coefficient (Wildman–Crippen LogP) is 4.73. The smallest absolute Gasteiger partial charge is 0.0817 e. The summed E-state index contributed by atoms with van der Waals surface area (Å²) in [5, 5.41) is 10.1. The molecule has 0 bridgehead atoms. The van der Waals surface area contributed by atoms with Gasteiger partial charge in [0.2, 0.25) is 0 Å². The Morgan fingerprint density at radius 3 is 2.37 bits per heavy atom. The molecular formula is C17H24OS. The molecule has 0 aliphatic heterocycles. The van der Waals surface area contributed by atoms with Crippen molar-refractivity contribution in [2.24, 2.45) is 0 Å². The lowest BCUT2D eigenvalue weighted by atomic mass is 10.1. The number of aliphatic hydroxyl groups excluding tert-OH is 1. The number of benzene rings is 1. The molecule has 0 saturated heterocycles. The molecule has 104 valence electrons. The van der Waals surface area contributed by atoms with Crippen molar-refractivity contribution in [3.05, 3.63) is 41.5 Å². The predicted molar refractivity (Wildman–Crippen MR) is 83.7 cm³/mol. The summed E-state index contributed by atoms with van der Waals surface area (Å²) in [4.78, 5) is 1.24. The molecule has 1 saturated carbocycles. The first-order chi connectivity index (χ1) is 9.24. The first kappa shape index (κ1) is 14.7. The van der Waals surface area contributed by atoms with E-state index in [1.807, 2.05) is 0 Å². The normalized spacial score (nSPS) is 17.9. The number of thioether (sulfide) groups is 1. The van der Waals surface area contributed by atoms with Gasteiger partial charge in [-0.2, -0.15) is 0 Å². The molecule has 0 aromatic heterocycles. The maximum atomic E-state index is 10.1. The van der Waals surface area contributed by atoms with E-state index in [1.165, 1.54) is 54.6 Å². The zero-order valence-electron chi connectivity index (χ0n) is 11.8. The summed E-state index contributed by atoms with van der Waals surface area (Å²) in [6.07, 6.45) is 9.47. The maximum absolute atomic E-state index is 10.1. The lowest BCUT2D eigenvalue weighted by Crippen LogP contribution is -2.07. The van der Waals surface area contributed by atoms with E-state index in [2.05, 4.69) is 37.3 Å². The molecule has 1 atom stereocenters. The van der Waals surface area contributed by atoms with Crippen LogP contribution < -0.4 is 0 Å². The second-order valence-corrected chi connectivity index (χ2v) is 6.52. The van der Waals surface area contributed by atoms with E-state index in [4.69, 9.17) is 0 Å². The number of hydrogen-bond acceptors (Lipinski definition) is 2. The van der Waals surface area contributed by atoms with Crippen LogP contribution >= 0.6 is 11.8 Å². The molecule has 2 heteroatoms. The molecule has 1 nitrogen and oxygen atoms in total. The Balaban J connectivity index is 1.81. The van der Waals surface area contributed by atoms with Gasteiger partial charge in [-0.05, 0) is 44.7 Å². The number of hydrogen-bond donors (Lipinski definition) is 1. The van der Waals surface area contributed by atoms with Gasteiger partial charge in [-0.1, -0.05) is 42.2 Å². The Labute approximate surface area is 121 Å². The largest absolute Gasteiger partial charge is 0.388 e. The van der Waals surface area contributed by atoms with Crippen LogP contribution in [-0.2, 0) is 0 Å². The minimum Gasteiger partial charge on any atom is -0.388 e. The van der Waals surface area contributed by atoms with Crippen LogP contribution in [0.25, 0.3) is 0 Å². The summed E-state index contributed by atoms with van der Waals surface area (Å²) >= 11 is 1.74. The highest BCUT2D eigenvalue weighted by molar-refractivity contribution is 7.99. The number of aliphatic hydroxyl groups is 1. The van der Waals surface area contributed by atoms with Crippen molar-refractivity contribution >= 4 is 11.8 Å². The molecule has 1 aliphatic rings. The lowest BCUT2D eigenvalue weighted by Gasteiger charge is -2.09. The monoisotopic (exact) mass is 276 g/mol. The van der Waals surface area contributed by atoms with Gasteiger partial charge in [0.05, 0.1) is 6.10 Å². The zero-order valence-corrected chi connectivity index (χ0v) is 12.6. The van der Waals surface area contributed by atoms with Crippen LogP contribution in [0.5, 0.6) is 0 Å². The van der Waals surface area contributed by atoms with E-state index >= 15 is 0 Å². The molecule has 1 N–H and O–H groups in total. The summed E-state index contributed by atoms with van der Waals surface area (Å²) in [6.45, 7) is 2.10. The van der Waals surface area contributed by atoms with Gasteiger partial charge in [0.15, 0.2) is 0 Å². The van der Waals surface area contributed by atoms with Gasteiger partial charge in [-0.3, -0.25) is 0 Å². The van der Waals surface area contributed by atoms with Crippen LogP contribution in [0.4, 0.5) is 0 Å². The van der Waals surface area contributed by atoms with Gasteiger partial charge >= 0.3 is 0 Å². The van der Waals surface area contributed by atoms with Crippen LogP contribution in [0, 0.1) is 6.92 Å². The van der Waals surface area contributed by atoms with Crippen molar-refractivity contribution in [2.45, 2.75) is 56.4 Å². The second-order valence-electron chi connectivity index (χ2n) is 5.43. The van der Waals surface area contributed by atoms with Gasteiger partial charge < -0.3 is 5.11 Å². The molecule has 0 spiro atoms. The summed E-state index contributed by atoms with van der Waals surface area (Å²) in [5.74, 6) is 0.757. The average molecular weight is 276 g/mol. The molecule has 0 unspecified atom stereocenters. The van der Waals surface area contributed by atoms with Crippen LogP contribution in [0.2, 0.25) is 0 Å². The third kappa shape index (κ3) is 5.42. The van der Waals surface area contributed by atoms with Gasteiger partial charge in [-0.25, -0.2) is 0 Å². The Bertz CT molecular complexity index is 398. The van der Waals surface area contributed by atoms with Crippen molar-refractivity contribution < 1.29 is 5.11 Å². The average Bonchev–Trinajstić information content (AvgIpc) is 2.67. The summed E-state index contributed by atoms with van der Waals surface area (Å²) in [5.41, 5.74) is 2.75. The fraction of sp³-hybridized carbons (Fsp3) is 0.529. The molecule has 2 rings (SSSR count). The molecule has 19 heavy (non-hydrogen) atoms. The van der Waals surface area contributed by atoms with Crippen molar-refractivity contribution in [1.82, 2.24) is 0 Å². The first-order valence-corrected chi connectivity index (χ1v) is 8.30. The van der Waals surface area contributed by atoms with Crippen molar-refractivity contribution in [1.29, 1.82) is 0 Å². The molecule has 1 fully saturated rings. The van der Waals surface area contributed by atoms with Gasteiger partial charge in [0.25, 0.3) is 0 Å². The third-order valence-electron chi connectivity index (χ3n) is 3.62. The zero-order chi connectivity index (χ0) is 13.5. The van der Waals surface area contributed by atoms with Gasteiger partial charge in [0, 0.05) is 10.6 Å². The lowest BCUT2D eigenvalue weighted by molar-refractivity contribution is 0.247. The van der Waals surface area contributed by atoms with E-state index in [0.717, 1.165) is 5.75 Å². The highest BCUT2D eigenvalue weighted by atomic mass is 32.2. The summed E-state index contributed by atoms with van der Waals surface area (Å²) in [6, 6.07) is 8.51. The highest BCUT2D eigenvalue weighted by Gasteiger charge is 2.08. The first-order valence-electron chi connectivity index (χ1n) is 7.31. The van der Waals surface area contributed by atoms with Crippen molar-refractivity contribution in [2.75, 3.05) is 5.75 Å². The van der Waals surface area contributed by atoms with E-state index in [-0.39, 0.29) is 6.10 Å². The second kappa shape index (κ2) is 7.76. The number of aryl methyl sites for hydroxylation is 1. The van der Waals surface area contributed by atoms with Crippen LogP contribution in [0.1, 0.15) is 44.1 Å². The number of rotatable bonds is 4. The minimum atomic E-state index is -0.306. The van der Waals surface area contributed by atoms with Crippen molar-refractivity contribution in [3.63, 3.8) is 0 Å².